The molecule has 7 heteroatoms. The summed E-state index contributed by atoms with van der Waals surface area (Å²) in [5.74, 6) is 1.66. The monoisotopic (exact) mass is 396 g/mol. The summed E-state index contributed by atoms with van der Waals surface area (Å²) in [5, 5.41) is 14.9. The van der Waals surface area contributed by atoms with Crippen molar-refractivity contribution in [2.45, 2.75) is 17.5 Å². The molecule has 0 N–H and O–H groups in total. The molecule has 0 saturated heterocycles. The van der Waals surface area contributed by atoms with Gasteiger partial charge in [0.1, 0.15) is 5.01 Å². The standard InChI is InChI=1S/C19H16N4S3/c1-2-10-23-17(16-9-6-11-24-16)21-22-19(23)26-13-15-12-25-18(20-15)14-7-4-3-5-8-14/h2-9,11-12H,1,10,13H2. The van der Waals surface area contributed by atoms with Crippen LogP contribution >= 0.6 is 34.4 Å². The first-order valence-electron chi connectivity index (χ1n) is 8.06. The number of hydrogen-bond donors (Lipinski definition) is 0. The minimum absolute atomic E-state index is 0.689. The molecule has 0 radical (unpaired) electrons. The minimum Gasteiger partial charge on any atom is -0.297 e. The molecule has 4 aromatic rings. The third-order valence-electron chi connectivity index (χ3n) is 3.69. The van der Waals surface area contributed by atoms with Gasteiger partial charge in [0, 0.05) is 23.2 Å². The Kier molecular flexibility index (Phi) is 5.29. The van der Waals surface area contributed by atoms with Gasteiger partial charge in [-0.1, -0.05) is 54.2 Å². The molecule has 1 aromatic carbocycles. The molecule has 0 bridgehead atoms. The number of thioether (sulfide) groups is 1. The maximum atomic E-state index is 4.75. The molecular weight excluding hydrogens is 380 g/mol. The summed E-state index contributed by atoms with van der Waals surface area (Å²) in [6.07, 6.45) is 1.88. The third kappa shape index (κ3) is 3.65. The molecule has 4 nitrogen and oxygen atoms in total. The molecular formula is C19H16N4S3. The fraction of sp³-hybridized carbons (Fsp3) is 0.105. The number of rotatable bonds is 7. The second kappa shape index (κ2) is 7.99. The molecule has 26 heavy (non-hydrogen) atoms. The maximum absolute atomic E-state index is 4.75. The second-order valence-electron chi connectivity index (χ2n) is 5.48. The Morgan fingerprint density at radius 2 is 1.96 bits per heavy atom. The SMILES string of the molecule is C=CCn1c(SCc2csc(-c3ccccc3)n2)nnc1-c1cccs1. The lowest BCUT2D eigenvalue weighted by Crippen LogP contribution is -2.00. The largest absolute Gasteiger partial charge is 0.297 e. The fourth-order valence-corrected chi connectivity index (χ4v) is 4.99. The van der Waals surface area contributed by atoms with Crippen molar-refractivity contribution in [3.8, 4) is 21.3 Å². The van der Waals surface area contributed by atoms with Crippen molar-refractivity contribution in [2.75, 3.05) is 0 Å². The molecule has 3 heterocycles. The number of thiazole rings is 1. The first-order valence-corrected chi connectivity index (χ1v) is 10.8. The average Bonchev–Trinajstić information content (AvgIpc) is 3.42. The van der Waals surface area contributed by atoms with Crippen LogP contribution in [0.1, 0.15) is 5.69 Å². The molecule has 0 spiro atoms. The number of aromatic nitrogens is 4. The van der Waals surface area contributed by atoms with Crippen LogP contribution < -0.4 is 0 Å². The molecule has 0 amide bonds. The van der Waals surface area contributed by atoms with Gasteiger partial charge in [-0.2, -0.15) is 0 Å². The molecule has 0 saturated carbocycles. The summed E-state index contributed by atoms with van der Waals surface area (Å²) in [7, 11) is 0. The number of nitrogens with zero attached hydrogens (tertiary/aromatic N) is 4. The molecule has 4 rings (SSSR count). The van der Waals surface area contributed by atoms with Crippen molar-refractivity contribution in [1.82, 2.24) is 19.7 Å². The van der Waals surface area contributed by atoms with Gasteiger partial charge in [0.15, 0.2) is 11.0 Å². The Bertz CT molecular complexity index is 987. The zero-order chi connectivity index (χ0) is 17.8. The summed E-state index contributed by atoms with van der Waals surface area (Å²) in [6, 6.07) is 14.4. The summed E-state index contributed by atoms with van der Waals surface area (Å²) in [5.41, 5.74) is 2.22. The van der Waals surface area contributed by atoms with E-state index in [0.717, 1.165) is 37.9 Å². The van der Waals surface area contributed by atoms with E-state index in [1.54, 1.807) is 34.4 Å². The van der Waals surface area contributed by atoms with Gasteiger partial charge >= 0.3 is 0 Å². The zero-order valence-corrected chi connectivity index (χ0v) is 16.4. The van der Waals surface area contributed by atoms with Crippen LogP contribution in [-0.2, 0) is 12.3 Å². The highest BCUT2D eigenvalue weighted by Crippen LogP contribution is 2.30. The van der Waals surface area contributed by atoms with Crippen LogP contribution in [0.15, 0.2) is 71.0 Å². The van der Waals surface area contributed by atoms with E-state index in [4.69, 9.17) is 4.98 Å². The molecule has 0 aliphatic heterocycles. The Morgan fingerprint density at radius 3 is 2.73 bits per heavy atom. The predicted octanol–water partition coefficient (Wildman–Crippen LogP) is 5.61. The van der Waals surface area contributed by atoms with Crippen molar-refractivity contribution in [1.29, 1.82) is 0 Å². The van der Waals surface area contributed by atoms with E-state index in [-0.39, 0.29) is 0 Å². The highest BCUT2D eigenvalue weighted by Gasteiger charge is 2.15. The fourth-order valence-electron chi connectivity index (χ4n) is 2.50. The molecule has 0 unspecified atom stereocenters. The first kappa shape index (κ1) is 17.2. The lowest BCUT2D eigenvalue weighted by molar-refractivity contribution is 0.732. The van der Waals surface area contributed by atoms with E-state index < -0.39 is 0 Å². The normalized spacial score (nSPS) is 10.9. The number of thiophene rings is 1. The summed E-state index contributed by atoms with van der Waals surface area (Å²) in [6.45, 7) is 4.55. The van der Waals surface area contributed by atoms with Crippen LogP contribution in [0.4, 0.5) is 0 Å². The molecule has 0 aliphatic rings. The van der Waals surface area contributed by atoms with Crippen molar-refractivity contribution in [3.05, 3.63) is 71.6 Å². The molecule has 0 atom stereocenters. The van der Waals surface area contributed by atoms with Crippen molar-refractivity contribution in [3.63, 3.8) is 0 Å². The highest BCUT2D eigenvalue weighted by molar-refractivity contribution is 7.98. The van der Waals surface area contributed by atoms with Gasteiger partial charge in [-0.3, -0.25) is 4.57 Å². The Morgan fingerprint density at radius 1 is 1.08 bits per heavy atom. The third-order valence-corrected chi connectivity index (χ3v) is 6.50. The van der Waals surface area contributed by atoms with Crippen LogP contribution in [0.25, 0.3) is 21.3 Å². The summed E-state index contributed by atoms with van der Waals surface area (Å²) >= 11 is 5.00. The number of benzene rings is 1. The highest BCUT2D eigenvalue weighted by atomic mass is 32.2. The molecule has 130 valence electrons. The van der Waals surface area contributed by atoms with Crippen LogP contribution in [0.3, 0.4) is 0 Å². The molecule has 3 aromatic heterocycles. The number of hydrogen-bond acceptors (Lipinski definition) is 6. The Balaban J connectivity index is 1.52. The van der Waals surface area contributed by atoms with Gasteiger partial charge in [0.2, 0.25) is 0 Å². The van der Waals surface area contributed by atoms with Gasteiger partial charge in [-0.15, -0.1) is 39.4 Å². The average molecular weight is 397 g/mol. The van der Waals surface area contributed by atoms with Crippen LogP contribution in [0.5, 0.6) is 0 Å². The molecule has 0 aliphatic carbocycles. The number of allylic oxidation sites excluding steroid dienone is 1. The van der Waals surface area contributed by atoms with Gasteiger partial charge in [-0.25, -0.2) is 4.98 Å². The van der Waals surface area contributed by atoms with Crippen molar-refractivity contribution >= 4 is 34.4 Å². The predicted molar refractivity (Wildman–Crippen MR) is 111 cm³/mol. The Labute approximate surface area is 164 Å². The van der Waals surface area contributed by atoms with E-state index in [9.17, 15) is 0 Å². The van der Waals surface area contributed by atoms with E-state index >= 15 is 0 Å². The first-order chi connectivity index (χ1) is 12.8. The quantitative estimate of drug-likeness (QED) is 0.301. The topological polar surface area (TPSA) is 43.6 Å². The van der Waals surface area contributed by atoms with E-state index in [1.807, 2.05) is 30.3 Å². The summed E-state index contributed by atoms with van der Waals surface area (Å²) < 4.78 is 2.11. The van der Waals surface area contributed by atoms with Crippen LogP contribution in [0, 0.1) is 0 Å². The molecule has 0 fully saturated rings. The van der Waals surface area contributed by atoms with Gasteiger partial charge in [0.05, 0.1) is 10.6 Å². The maximum Gasteiger partial charge on any atom is 0.192 e. The van der Waals surface area contributed by atoms with Gasteiger partial charge in [0.25, 0.3) is 0 Å². The van der Waals surface area contributed by atoms with Crippen LogP contribution in [0.2, 0.25) is 0 Å². The van der Waals surface area contributed by atoms with Crippen LogP contribution in [-0.4, -0.2) is 19.7 Å². The van der Waals surface area contributed by atoms with Crippen molar-refractivity contribution in [2.24, 2.45) is 0 Å². The van der Waals surface area contributed by atoms with Gasteiger partial charge in [-0.05, 0) is 11.4 Å². The summed E-state index contributed by atoms with van der Waals surface area (Å²) in [4.78, 5) is 5.87. The zero-order valence-electron chi connectivity index (χ0n) is 13.9. The lowest BCUT2D eigenvalue weighted by Gasteiger charge is -2.05. The van der Waals surface area contributed by atoms with E-state index in [2.05, 4.69) is 50.3 Å². The van der Waals surface area contributed by atoms with E-state index in [0.29, 0.717) is 6.54 Å². The van der Waals surface area contributed by atoms with Gasteiger partial charge < -0.3 is 0 Å². The van der Waals surface area contributed by atoms with Crippen molar-refractivity contribution < 1.29 is 0 Å². The van der Waals surface area contributed by atoms with E-state index in [1.165, 1.54) is 0 Å². The second-order valence-corrected chi connectivity index (χ2v) is 8.23. The smallest absolute Gasteiger partial charge is 0.192 e. The Hall–Kier alpha value is -2.22. The minimum atomic E-state index is 0.689. The lowest BCUT2D eigenvalue weighted by atomic mass is 10.2.